The molecule has 5 nitrogen and oxygen atoms in total. The van der Waals surface area contributed by atoms with Crippen LogP contribution >= 0.6 is 0 Å². The molecule has 0 bridgehead atoms. The predicted molar refractivity (Wildman–Crippen MR) is 80.2 cm³/mol. The molecule has 0 saturated heterocycles. The molecular weight excluding hydrogens is 309 g/mol. The van der Waals surface area contributed by atoms with E-state index in [9.17, 15) is 18.0 Å². The summed E-state index contributed by atoms with van der Waals surface area (Å²) < 4.78 is 39.6. The SMILES string of the molecule is CN(C)CCn1cc(NC(=O)c2cccc(C(F)(F)F)c2)cn1. The van der Waals surface area contributed by atoms with Gasteiger partial charge in [0.2, 0.25) is 0 Å². The van der Waals surface area contributed by atoms with Crippen molar-refractivity contribution in [3.8, 4) is 0 Å². The van der Waals surface area contributed by atoms with Crippen LogP contribution in [0.15, 0.2) is 36.7 Å². The summed E-state index contributed by atoms with van der Waals surface area (Å²) in [7, 11) is 3.86. The summed E-state index contributed by atoms with van der Waals surface area (Å²) in [5, 5.41) is 6.63. The number of likely N-dealkylation sites (N-methyl/N-ethyl adjacent to an activating group) is 1. The average molecular weight is 326 g/mol. The van der Waals surface area contributed by atoms with Gasteiger partial charge < -0.3 is 10.2 Å². The molecule has 1 amide bonds. The lowest BCUT2D eigenvalue weighted by molar-refractivity contribution is -0.137. The number of nitrogens with one attached hydrogen (secondary N) is 1. The van der Waals surface area contributed by atoms with Crippen LogP contribution in [0.25, 0.3) is 0 Å². The fourth-order valence-corrected chi connectivity index (χ4v) is 1.89. The highest BCUT2D eigenvalue weighted by atomic mass is 19.4. The van der Waals surface area contributed by atoms with Crippen molar-refractivity contribution in [3.63, 3.8) is 0 Å². The van der Waals surface area contributed by atoms with Crippen LogP contribution in [0.1, 0.15) is 15.9 Å². The molecule has 0 radical (unpaired) electrons. The second-order valence-electron chi connectivity index (χ2n) is 5.33. The van der Waals surface area contributed by atoms with Gasteiger partial charge in [-0.05, 0) is 32.3 Å². The molecule has 124 valence electrons. The zero-order chi connectivity index (χ0) is 17.0. The third-order valence-electron chi connectivity index (χ3n) is 3.12. The topological polar surface area (TPSA) is 50.2 Å². The molecule has 1 heterocycles. The van der Waals surface area contributed by atoms with Gasteiger partial charge in [0.1, 0.15) is 0 Å². The van der Waals surface area contributed by atoms with Gasteiger partial charge in [-0.2, -0.15) is 18.3 Å². The van der Waals surface area contributed by atoms with Gasteiger partial charge in [0.05, 0.1) is 24.0 Å². The van der Waals surface area contributed by atoms with Gasteiger partial charge in [-0.3, -0.25) is 9.48 Å². The Balaban J connectivity index is 2.05. The van der Waals surface area contributed by atoms with E-state index >= 15 is 0 Å². The maximum Gasteiger partial charge on any atom is 0.416 e. The third-order valence-corrected chi connectivity index (χ3v) is 3.12. The molecule has 0 aliphatic heterocycles. The van der Waals surface area contributed by atoms with Gasteiger partial charge in [-0.15, -0.1) is 0 Å². The van der Waals surface area contributed by atoms with Crippen LogP contribution in [-0.2, 0) is 12.7 Å². The molecule has 0 spiro atoms. The lowest BCUT2D eigenvalue weighted by Crippen LogP contribution is -2.18. The predicted octanol–water partition coefficient (Wildman–Crippen LogP) is 2.72. The zero-order valence-corrected chi connectivity index (χ0v) is 12.8. The number of anilines is 1. The van der Waals surface area contributed by atoms with Gasteiger partial charge in [0.25, 0.3) is 5.91 Å². The molecule has 1 N–H and O–H groups in total. The number of hydrogen-bond donors (Lipinski definition) is 1. The van der Waals surface area contributed by atoms with Crippen molar-refractivity contribution in [3.05, 3.63) is 47.8 Å². The first-order valence-electron chi connectivity index (χ1n) is 6.91. The summed E-state index contributed by atoms with van der Waals surface area (Å²) in [5.74, 6) is -0.608. The van der Waals surface area contributed by atoms with Crippen molar-refractivity contribution in [1.29, 1.82) is 0 Å². The summed E-state index contributed by atoms with van der Waals surface area (Å²) in [5.41, 5.74) is -0.473. The van der Waals surface area contributed by atoms with Crippen LogP contribution in [0.4, 0.5) is 18.9 Å². The van der Waals surface area contributed by atoms with E-state index in [1.54, 1.807) is 10.9 Å². The van der Waals surface area contributed by atoms with Crippen molar-refractivity contribution in [2.75, 3.05) is 26.0 Å². The molecule has 2 aromatic rings. The molecule has 1 aromatic carbocycles. The van der Waals surface area contributed by atoms with E-state index < -0.39 is 17.6 Å². The van der Waals surface area contributed by atoms with Crippen LogP contribution in [0.3, 0.4) is 0 Å². The summed E-state index contributed by atoms with van der Waals surface area (Å²) in [6.45, 7) is 1.43. The molecule has 0 atom stereocenters. The lowest BCUT2D eigenvalue weighted by Gasteiger charge is -2.09. The van der Waals surface area contributed by atoms with Crippen LogP contribution < -0.4 is 5.32 Å². The monoisotopic (exact) mass is 326 g/mol. The van der Waals surface area contributed by atoms with Gasteiger partial charge in [-0.25, -0.2) is 0 Å². The first-order valence-corrected chi connectivity index (χ1v) is 6.91. The Bertz CT molecular complexity index is 679. The van der Waals surface area contributed by atoms with Crippen molar-refractivity contribution in [2.45, 2.75) is 12.7 Å². The summed E-state index contributed by atoms with van der Waals surface area (Å²) in [4.78, 5) is 14.0. The average Bonchev–Trinajstić information content (AvgIpc) is 2.92. The number of amides is 1. The quantitative estimate of drug-likeness (QED) is 0.919. The van der Waals surface area contributed by atoms with E-state index in [1.807, 2.05) is 19.0 Å². The fraction of sp³-hybridized carbons (Fsp3) is 0.333. The van der Waals surface area contributed by atoms with Crippen molar-refractivity contribution >= 4 is 11.6 Å². The molecule has 2 rings (SSSR count). The molecule has 0 aliphatic carbocycles. The molecule has 1 aromatic heterocycles. The normalized spacial score (nSPS) is 11.7. The number of hydrogen-bond acceptors (Lipinski definition) is 3. The van der Waals surface area contributed by atoms with E-state index in [0.717, 1.165) is 18.7 Å². The smallest absolute Gasteiger partial charge is 0.319 e. The largest absolute Gasteiger partial charge is 0.416 e. The number of rotatable bonds is 5. The first-order chi connectivity index (χ1) is 10.8. The number of aromatic nitrogens is 2. The van der Waals surface area contributed by atoms with Gasteiger partial charge >= 0.3 is 6.18 Å². The van der Waals surface area contributed by atoms with Crippen LogP contribution in [-0.4, -0.2) is 41.2 Å². The lowest BCUT2D eigenvalue weighted by atomic mass is 10.1. The van der Waals surface area contributed by atoms with E-state index in [-0.39, 0.29) is 5.56 Å². The Morgan fingerprint density at radius 2 is 2.09 bits per heavy atom. The minimum absolute atomic E-state index is 0.0548. The maximum atomic E-state index is 12.7. The highest BCUT2D eigenvalue weighted by molar-refractivity contribution is 6.04. The Kier molecular flexibility index (Phi) is 5.05. The second-order valence-corrected chi connectivity index (χ2v) is 5.33. The second kappa shape index (κ2) is 6.82. The fourth-order valence-electron chi connectivity index (χ4n) is 1.89. The first kappa shape index (κ1) is 17.0. The molecule has 0 fully saturated rings. The maximum absolute atomic E-state index is 12.7. The Morgan fingerprint density at radius 3 is 2.74 bits per heavy atom. The van der Waals surface area contributed by atoms with Gasteiger partial charge in [0, 0.05) is 18.3 Å². The van der Waals surface area contributed by atoms with Crippen molar-refractivity contribution in [1.82, 2.24) is 14.7 Å². The number of nitrogens with zero attached hydrogens (tertiary/aromatic N) is 3. The number of benzene rings is 1. The minimum atomic E-state index is -4.48. The standard InChI is InChI=1S/C15H17F3N4O/c1-21(2)6-7-22-10-13(9-19-22)20-14(23)11-4-3-5-12(8-11)15(16,17)18/h3-5,8-10H,6-7H2,1-2H3,(H,20,23). The summed E-state index contributed by atoms with van der Waals surface area (Å²) in [6.07, 6.45) is -1.39. The van der Waals surface area contributed by atoms with Gasteiger partial charge in [-0.1, -0.05) is 6.07 Å². The van der Waals surface area contributed by atoms with E-state index in [2.05, 4.69) is 10.4 Å². The van der Waals surface area contributed by atoms with Crippen molar-refractivity contribution in [2.24, 2.45) is 0 Å². The molecule has 8 heteroatoms. The number of halogens is 3. The third kappa shape index (κ3) is 4.82. The zero-order valence-electron chi connectivity index (χ0n) is 12.8. The highest BCUT2D eigenvalue weighted by Crippen LogP contribution is 2.29. The summed E-state index contributed by atoms with van der Waals surface area (Å²) >= 11 is 0. The minimum Gasteiger partial charge on any atom is -0.319 e. The highest BCUT2D eigenvalue weighted by Gasteiger charge is 2.30. The van der Waals surface area contributed by atoms with Crippen LogP contribution in [0.2, 0.25) is 0 Å². The Hall–Kier alpha value is -2.35. The van der Waals surface area contributed by atoms with E-state index in [4.69, 9.17) is 0 Å². The number of carbonyl (C=O) groups excluding carboxylic acids is 1. The molecular formula is C15H17F3N4O. The molecule has 23 heavy (non-hydrogen) atoms. The van der Waals surface area contributed by atoms with Gasteiger partial charge in [0.15, 0.2) is 0 Å². The molecule has 0 saturated carbocycles. The Morgan fingerprint density at radius 1 is 1.35 bits per heavy atom. The van der Waals surface area contributed by atoms with E-state index in [1.165, 1.54) is 18.3 Å². The number of carbonyl (C=O) groups is 1. The molecule has 0 aliphatic rings. The number of alkyl halides is 3. The van der Waals surface area contributed by atoms with Crippen LogP contribution in [0.5, 0.6) is 0 Å². The Labute approximate surface area is 131 Å². The summed E-state index contributed by atoms with van der Waals surface area (Å²) in [6, 6.07) is 4.29. The van der Waals surface area contributed by atoms with Crippen LogP contribution in [0, 0.1) is 0 Å². The van der Waals surface area contributed by atoms with E-state index in [0.29, 0.717) is 12.2 Å². The van der Waals surface area contributed by atoms with Crippen molar-refractivity contribution < 1.29 is 18.0 Å². The molecule has 0 unspecified atom stereocenters.